The number of ether oxygens (including phenoxy) is 2. The van der Waals surface area contributed by atoms with E-state index in [0.717, 1.165) is 62.4 Å². The Kier molecular flexibility index (Phi) is 6.14. The molecular formula is C23H31ClN2O4. The maximum absolute atomic E-state index is 12.2. The van der Waals surface area contributed by atoms with Gasteiger partial charge in [-0.15, -0.1) is 0 Å². The Bertz CT molecular complexity index is 802. The van der Waals surface area contributed by atoms with E-state index in [9.17, 15) is 9.59 Å². The Labute approximate surface area is 183 Å². The molecule has 30 heavy (non-hydrogen) atoms. The fraction of sp³-hybridized carbons (Fsp3) is 0.652. The van der Waals surface area contributed by atoms with Gasteiger partial charge in [0.1, 0.15) is 11.4 Å². The van der Waals surface area contributed by atoms with Crippen molar-refractivity contribution in [3.8, 4) is 5.75 Å². The summed E-state index contributed by atoms with van der Waals surface area (Å²) in [6.45, 7) is 4.30. The Morgan fingerprint density at radius 1 is 1.27 bits per heavy atom. The Hall–Kier alpha value is -1.95. The fourth-order valence-electron chi connectivity index (χ4n) is 4.52. The summed E-state index contributed by atoms with van der Waals surface area (Å²) in [7, 11) is 0. The molecule has 1 heterocycles. The molecule has 1 aliphatic heterocycles. The summed E-state index contributed by atoms with van der Waals surface area (Å²) in [5.41, 5.74) is 5.75. The van der Waals surface area contributed by atoms with Gasteiger partial charge in [0.25, 0.3) is 0 Å². The number of primary amides is 1. The third-order valence-electron chi connectivity index (χ3n) is 6.82. The molecule has 0 bridgehead atoms. The summed E-state index contributed by atoms with van der Waals surface area (Å²) in [5, 5.41) is 0.511. The Morgan fingerprint density at radius 2 is 2.00 bits per heavy atom. The molecule has 2 saturated carbocycles. The van der Waals surface area contributed by atoms with Crippen LogP contribution in [0.2, 0.25) is 5.02 Å². The predicted octanol–water partition coefficient (Wildman–Crippen LogP) is 4.17. The lowest BCUT2D eigenvalue weighted by atomic mass is 9.91. The molecule has 2 aliphatic carbocycles. The second-order valence-corrected chi connectivity index (χ2v) is 9.74. The number of piperidine rings is 1. The quantitative estimate of drug-likeness (QED) is 0.665. The van der Waals surface area contributed by atoms with Crippen molar-refractivity contribution in [2.75, 3.05) is 19.7 Å². The monoisotopic (exact) mass is 434 g/mol. The number of benzene rings is 1. The van der Waals surface area contributed by atoms with Gasteiger partial charge in [-0.05, 0) is 80.9 Å². The number of amides is 2. The molecule has 2 N–H and O–H groups in total. The molecule has 1 unspecified atom stereocenters. The fourth-order valence-corrected chi connectivity index (χ4v) is 4.76. The largest absolute Gasteiger partial charge is 0.494 e. The molecule has 0 spiro atoms. The molecule has 7 heteroatoms. The van der Waals surface area contributed by atoms with E-state index in [0.29, 0.717) is 23.5 Å². The summed E-state index contributed by atoms with van der Waals surface area (Å²) in [5.74, 6) is 2.50. The molecule has 2 amide bonds. The average Bonchev–Trinajstić information content (AvgIpc) is 3.62. The summed E-state index contributed by atoms with van der Waals surface area (Å²) < 4.78 is 11.5. The summed E-state index contributed by atoms with van der Waals surface area (Å²) in [6.07, 6.45) is 6.43. The van der Waals surface area contributed by atoms with Crippen LogP contribution in [-0.2, 0) is 16.0 Å². The van der Waals surface area contributed by atoms with Crippen molar-refractivity contribution in [1.82, 2.24) is 4.90 Å². The molecule has 2 atom stereocenters. The van der Waals surface area contributed by atoms with E-state index in [1.165, 1.54) is 6.42 Å². The molecule has 1 aromatic carbocycles. The van der Waals surface area contributed by atoms with Gasteiger partial charge in [0.2, 0.25) is 5.91 Å². The first-order valence-electron chi connectivity index (χ1n) is 11.0. The minimum absolute atomic E-state index is 0.130. The van der Waals surface area contributed by atoms with Gasteiger partial charge >= 0.3 is 6.09 Å². The van der Waals surface area contributed by atoms with E-state index in [1.807, 2.05) is 17.9 Å². The normalized spacial score (nSPS) is 24.9. The lowest BCUT2D eigenvalue weighted by Gasteiger charge is -2.32. The highest BCUT2D eigenvalue weighted by molar-refractivity contribution is 6.31. The van der Waals surface area contributed by atoms with E-state index < -0.39 is 5.91 Å². The van der Waals surface area contributed by atoms with Gasteiger partial charge < -0.3 is 20.1 Å². The average molecular weight is 435 g/mol. The van der Waals surface area contributed by atoms with Crippen LogP contribution in [0.3, 0.4) is 0 Å². The van der Waals surface area contributed by atoms with Gasteiger partial charge in [-0.25, -0.2) is 4.79 Å². The van der Waals surface area contributed by atoms with E-state index in [-0.39, 0.29) is 18.1 Å². The Morgan fingerprint density at radius 3 is 2.63 bits per heavy atom. The second kappa shape index (κ2) is 8.66. The standard InChI is InChI=1S/C23H31ClN2O4/c1-23(7-8-23)30-22(28)26-9-4-15(5-10-26)19-12-16(19)6-11-29-18-3-2-17(13-21(25)27)20(24)14-18/h2-3,14-16,19H,4-13H2,1H3,(H2,25,27)/t16?,19-/m1/s1. The zero-order valence-corrected chi connectivity index (χ0v) is 18.3. The number of halogens is 1. The van der Waals surface area contributed by atoms with Gasteiger partial charge in [-0.3, -0.25) is 4.79 Å². The van der Waals surface area contributed by atoms with Crippen LogP contribution in [0.25, 0.3) is 0 Å². The molecule has 1 saturated heterocycles. The van der Waals surface area contributed by atoms with Gasteiger partial charge in [0.05, 0.1) is 13.0 Å². The number of nitrogens with two attached hydrogens (primary N) is 1. The van der Waals surface area contributed by atoms with Crippen LogP contribution in [0.5, 0.6) is 5.75 Å². The van der Waals surface area contributed by atoms with Crippen molar-refractivity contribution in [2.24, 2.45) is 23.5 Å². The molecule has 4 rings (SSSR count). The molecule has 3 aliphatic rings. The number of hydrogen-bond acceptors (Lipinski definition) is 4. The third kappa shape index (κ3) is 5.39. The number of rotatable bonds is 8. The van der Waals surface area contributed by atoms with Crippen molar-refractivity contribution in [3.63, 3.8) is 0 Å². The number of likely N-dealkylation sites (tertiary alicyclic amines) is 1. The lowest BCUT2D eigenvalue weighted by molar-refractivity contribution is -0.117. The van der Waals surface area contributed by atoms with Gasteiger partial charge in [-0.2, -0.15) is 0 Å². The SMILES string of the molecule is CC1(OC(=O)N2CCC([C@H]3CC3CCOc3ccc(CC(N)=O)c(Cl)c3)CC2)CC1. The molecule has 0 aromatic heterocycles. The Balaban J connectivity index is 1.14. The van der Waals surface area contributed by atoms with E-state index in [1.54, 1.807) is 12.1 Å². The summed E-state index contributed by atoms with van der Waals surface area (Å²) in [4.78, 5) is 25.2. The smallest absolute Gasteiger partial charge is 0.410 e. The minimum atomic E-state index is -0.398. The van der Waals surface area contributed by atoms with Crippen LogP contribution >= 0.6 is 11.6 Å². The van der Waals surface area contributed by atoms with Crippen LogP contribution in [0.1, 0.15) is 51.0 Å². The topological polar surface area (TPSA) is 81.9 Å². The van der Waals surface area contributed by atoms with Crippen molar-refractivity contribution in [3.05, 3.63) is 28.8 Å². The lowest BCUT2D eigenvalue weighted by Crippen LogP contribution is -2.40. The summed E-state index contributed by atoms with van der Waals surface area (Å²) >= 11 is 6.20. The molecule has 0 radical (unpaired) electrons. The predicted molar refractivity (Wildman–Crippen MR) is 114 cm³/mol. The van der Waals surface area contributed by atoms with Crippen LogP contribution in [0.4, 0.5) is 4.79 Å². The molecule has 6 nitrogen and oxygen atoms in total. The van der Waals surface area contributed by atoms with Crippen molar-refractivity contribution in [1.29, 1.82) is 0 Å². The first-order chi connectivity index (χ1) is 14.3. The third-order valence-corrected chi connectivity index (χ3v) is 7.17. The molecule has 1 aromatic rings. The number of hydrogen-bond donors (Lipinski definition) is 1. The minimum Gasteiger partial charge on any atom is -0.494 e. The molecule has 3 fully saturated rings. The van der Waals surface area contributed by atoms with Crippen molar-refractivity contribution < 1.29 is 19.1 Å². The summed E-state index contributed by atoms with van der Waals surface area (Å²) in [6, 6.07) is 5.39. The van der Waals surface area contributed by atoms with Crippen LogP contribution < -0.4 is 10.5 Å². The van der Waals surface area contributed by atoms with Crippen LogP contribution in [0, 0.1) is 17.8 Å². The van der Waals surface area contributed by atoms with Crippen LogP contribution in [-0.4, -0.2) is 42.2 Å². The maximum atomic E-state index is 12.2. The van der Waals surface area contributed by atoms with E-state index in [2.05, 4.69) is 0 Å². The highest BCUT2D eigenvalue weighted by Crippen LogP contribution is 2.50. The van der Waals surface area contributed by atoms with Gasteiger partial charge in [0, 0.05) is 18.1 Å². The number of carbonyl (C=O) groups is 2. The van der Waals surface area contributed by atoms with Crippen LogP contribution in [0.15, 0.2) is 18.2 Å². The van der Waals surface area contributed by atoms with E-state index in [4.69, 9.17) is 26.8 Å². The zero-order valence-electron chi connectivity index (χ0n) is 17.6. The zero-order chi connectivity index (χ0) is 21.3. The highest BCUT2D eigenvalue weighted by atomic mass is 35.5. The molecule has 164 valence electrons. The van der Waals surface area contributed by atoms with Crippen molar-refractivity contribution in [2.45, 2.75) is 57.5 Å². The maximum Gasteiger partial charge on any atom is 0.410 e. The van der Waals surface area contributed by atoms with Gasteiger partial charge in [-0.1, -0.05) is 17.7 Å². The highest BCUT2D eigenvalue weighted by Gasteiger charge is 2.45. The number of carbonyl (C=O) groups excluding carboxylic acids is 2. The second-order valence-electron chi connectivity index (χ2n) is 9.34. The number of nitrogens with zero attached hydrogens (tertiary/aromatic N) is 1. The van der Waals surface area contributed by atoms with Gasteiger partial charge in [0.15, 0.2) is 0 Å². The van der Waals surface area contributed by atoms with E-state index >= 15 is 0 Å². The molecular weight excluding hydrogens is 404 g/mol. The first kappa shape index (κ1) is 21.3. The first-order valence-corrected chi connectivity index (χ1v) is 11.4. The van der Waals surface area contributed by atoms with Crippen molar-refractivity contribution >= 4 is 23.6 Å².